The van der Waals surface area contributed by atoms with Crippen molar-refractivity contribution < 1.29 is 18.9 Å². The molecular formula is C27H27N5O4. The number of fused-ring (bicyclic) bond motifs is 2. The van der Waals surface area contributed by atoms with Crippen LogP contribution in [0, 0.1) is 12.3 Å². The van der Waals surface area contributed by atoms with Gasteiger partial charge in [-0.15, -0.1) is 6.42 Å². The van der Waals surface area contributed by atoms with Crippen LogP contribution in [0.5, 0.6) is 23.1 Å². The van der Waals surface area contributed by atoms with Crippen molar-refractivity contribution in [3.63, 3.8) is 0 Å². The van der Waals surface area contributed by atoms with Crippen LogP contribution >= 0.6 is 0 Å². The minimum Gasteiger partial charge on any atom is -0.493 e. The number of benzene rings is 2. The van der Waals surface area contributed by atoms with Crippen molar-refractivity contribution >= 4 is 23.4 Å². The number of methoxy groups -OCH3 is 1. The van der Waals surface area contributed by atoms with Gasteiger partial charge in [0, 0.05) is 48.7 Å². The number of hydrogen-bond donors (Lipinski definition) is 1. The van der Waals surface area contributed by atoms with E-state index in [-0.39, 0.29) is 0 Å². The van der Waals surface area contributed by atoms with Gasteiger partial charge < -0.3 is 24.3 Å². The number of aliphatic imine (C=N–C) groups is 1. The minimum atomic E-state index is 0.330. The highest BCUT2D eigenvalue weighted by atomic mass is 16.5. The molecule has 9 heteroatoms. The van der Waals surface area contributed by atoms with Crippen molar-refractivity contribution in [3.8, 4) is 35.5 Å². The van der Waals surface area contributed by atoms with E-state index in [9.17, 15) is 0 Å². The van der Waals surface area contributed by atoms with E-state index in [0.717, 1.165) is 56.1 Å². The summed E-state index contributed by atoms with van der Waals surface area (Å²) in [5.74, 6) is 5.24. The fourth-order valence-electron chi connectivity index (χ4n) is 4.02. The van der Waals surface area contributed by atoms with Crippen molar-refractivity contribution in [1.29, 1.82) is 0 Å². The van der Waals surface area contributed by atoms with E-state index < -0.39 is 0 Å². The third-order valence-electron chi connectivity index (χ3n) is 5.90. The van der Waals surface area contributed by atoms with Crippen LogP contribution in [0.1, 0.15) is 17.5 Å². The van der Waals surface area contributed by atoms with Crippen LogP contribution in [-0.4, -0.2) is 67.6 Å². The Kier molecular flexibility index (Phi) is 7.26. The normalized spacial score (nSPS) is 14.6. The second-order valence-corrected chi connectivity index (χ2v) is 8.28. The largest absolute Gasteiger partial charge is 0.493 e. The maximum absolute atomic E-state index is 6.13. The molecular weight excluding hydrogens is 458 g/mol. The molecule has 3 aromatic rings. The molecule has 0 unspecified atom stereocenters. The third-order valence-corrected chi connectivity index (χ3v) is 5.90. The highest BCUT2D eigenvalue weighted by molar-refractivity contribution is 5.91. The van der Waals surface area contributed by atoms with E-state index >= 15 is 0 Å². The summed E-state index contributed by atoms with van der Waals surface area (Å²) in [6.45, 7) is 5.05. The summed E-state index contributed by atoms with van der Waals surface area (Å²) < 4.78 is 23.2. The lowest BCUT2D eigenvalue weighted by atomic mass is 10.2. The lowest BCUT2D eigenvalue weighted by molar-refractivity contribution is 0.0357. The first kappa shape index (κ1) is 23.6. The summed E-state index contributed by atoms with van der Waals surface area (Å²) in [5.41, 5.74) is 2.78. The molecule has 0 spiro atoms. The van der Waals surface area contributed by atoms with E-state index in [1.54, 1.807) is 19.4 Å². The van der Waals surface area contributed by atoms with Crippen molar-refractivity contribution in [2.24, 2.45) is 4.99 Å². The molecule has 5 rings (SSSR count). The SMILES string of the molecule is C#Cc1cccc(Nc2ncnc3c2N=Cc2cc(OCCCN4CCOCC4)c(OC)cc2O3)c1. The molecule has 0 bridgehead atoms. The topological polar surface area (TPSA) is 90.3 Å². The Labute approximate surface area is 210 Å². The van der Waals surface area contributed by atoms with Crippen molar-refractivity contribution in [1.82, 2.24) is 14.9 Å². The zero-order valence-electron chi connectivity index (χ0n) is 20.1. The number of aromatic nitrogens is 2. The summed E-state index contributed by atoms with van der Waals surface area (Å²) in [5, 5.41) is 3.25. The van der Waals surface area contributed by atoms with Gasteiger partial charge in [0.1, 0.15) is 12.1 Å². The molecule has 0 amide bonds. The average Bonchev–Trinajstić information content (AvgIpc) is 3.10. The first-order chi connectivity index (χ1) is 17.7. The highest BCUT2D eigenvalue weighted by Gasteiger charge is 2.20. The van der Waals surface area contributed by atoms with Gasteiger partial charge in [-0.25, -0.2) is 9.98 Å². The molecule has 2 aliphatic heterocycles. The Hall–Kier alpha value is -4.13. The van der Waals surface area contributed by atoms with E-state index in [1.807, 2.05) is 30.3 Å². The summed E-state index contributed by atoms with van der Waals surface area (Å²) in [6, 6.07) is 11.2. The molecule has 36 heavy (non-hydrogen) atoms. The Morgan fingerprint density at radius 1 is 1.14 bits per heavy atom. The first-order valence-corrected chi connectivity index (χ1v) is 11.8. The van der Waals surface area contributed by atoms with Crippen LogP contribution < -0.4 is 19.5 Å². The maximum atomic E-state index is 6.13. The number of nitrogens with one attached hydrogen (secondary N) is 1. The highest BCUT2D eigenvalue weighted by Crippen LogP contribution is 2.42. The van der Waals surface area contributed by atoms with Crippen molar-refractivity contribution in [2.45, 2.75) is 6.42 Å². The number of hydrogen-bond acceptors (Lipinski definition) is 9. The smallest absolute Gasteiger partial charge is 0.250 e. The van der Waals surface area contributed by atoms with Gasteiger partial charge in [-0.1, -0.05) is 12.0 Å². The Morgan fingerprint density at radius 2 is 2.03 bits per heavy atom. The summed E-state index contributed by atoms with van der Waals surface area (Å²) in [6.07, 6.45) is 9.57. The van der Waals surface area contributed by atoms with Gasteiger partial charge in [-0.05, 0) is 30.7 Å². The molecule has 1 saturated heterocycles. The minimum absolute atomic E-state index is 0.330. The fourth-order valence-corrected chi connectivity index (χ4v) is 4.02. The zero-order valence-corrected chi connectivity index (χ0v) is 20.1. The first-order valence-electron chi connectivity index (χ1n) is 11.8. The molecule has 1 fully saturated rings. The molecule has 0 saturated carbocycles. The number of ether oxygens (including phenoxy) is 4. The second kappa shape index (κ2) is 11.1. The average molecular weight is 486 g/mol. The van der Waals surface area contributed by atoms with Gasteiger partial charge >= 0.3 is 0 Å². The monoisotopic (exact) mass is 485 g/mol. The molecule has 1 aromatic heterocycles. The van der Waals surface area contributed by atoms with Crippen molar-refractivity contribution in [2.75, 3.05) is 51.9 Å². The maximum Gasteiger partial charge on any atom is 0.250 e. The molecule has 1 N–H and O–H groups in total. The predicted molar refractivity (Wildman–Crippen MR) is 137 cm³/mol. The van der Waals surface area contributed by atoms with E-state index in [4.69, 9.17) is 25.4 Å². The molecule has 0 radical (unpaired) electrons. The Balaban J connectivity index is 1.33. The molecule has 9 nitrogen and oxygen atoms in total. The number of nitrogens with zero attached hydrogens (tertiary/aromatic N) is 4. The van der Waals surface area contributed by atoms with Gasteiger partial charge in [0.2, 0.25) is 0 Å². The van der Waals surface area contributed by atoms with Crippen LogP contribution in [0.25, 0.3) is 0 Å². The van der Waals surface area contributed by atoms with Gasteiger partial charge in [0.05, 0.1) is 26.9 Å². The molecule has 184 valence electrons. The van der Waals surface area contributed by atoms with E-state index in [1.165, 1.54) is 6.33 Å². The van der Waals surface area contributed by atoms with Crippen LogP contribution in [-0.2, 0) is 4.74 Å². The lowest BCUT2D eigenvalue weighted by Gasteiger charge is -2.26. The molecule has 0 atom stereocenters. The van der Waals surface area contributed by atoms with Crippen molar-refractivity contribution in [3.05, 3.63) is 53.9 Å². The predicted octanol–water partition coefficient (Wildman–Crippen LogP) is 4.17. The zero-order chi connectivity index (χ0) is 24.7. The lowest BCUT2D eigenvalue weighted by Crippen LogP contribution is -2.37. The second-order valence-electron chi connectivity index (χ2n) is 8.28. The summed E-state index contributed by atoms with van der Waals surface area (Å²) >= 11 is 0. The van der Waals surface area contributed by atoms with Crippen LogP contribution in [0.15, 0.2) is 47.7 Å². The van der Waals surface area contributed by atoms with E-state index in [0.29, 0.717) is 41.2 Å². The molecule has 3 heterocycles. The third kappa shape index (κ3) is 5.40. The number of anilines is 2. The molecule has 2 aliphatic rings. The summed E-state index contributed by atoms with van der Waals surface area (Å²) in [7, 11) is 1.61. The quantitative estimate of drug-likeness (QED) is 0.294. The number of terminal acetylenes is 1. The molecule has 0 aliphatic carbocycles. The number of rotatable bonds is 8. The van der Waals surface area contributed by atoms with Crippen LogP contribution in [0.4, 0.5) is 17.2 Å². The van der Waals surface area contributed by atoms with Gasteiger partial charge in [-0.3, -0.25) is 4.90 Å². The summed E-state index contributed by atoms with van der Waals surface area (Å²) in [4.78, 5) is 15.7. The molecule has 2 aromatic carbocycles. The standard InChI is InChI=1S/C27H27N5O4/c1-3-19-6-4-7-21(14-19)31-26-25-27(30-18-29-26)36-22-16-23(33-2)24(15-20(22)17-28-25)35-11-5-8-32-9-12-34-13-10-32/h1,4,6-7,14-18H,5,8-13H2,2H3,(H,29,30,31). The van der Waals surface area contributed by atoms with Gasteiger partial charge in [-0.2, -0.15) is 4.98 Å². The Morgan fingerprint density at radius 3 is 2.86 bits per heavy atom. The van der Waals surface area contributed by atoms with Crippen LogP contribution in [0.3, 0.4) is 0 Å². The van der Waals surface area contributed by atoms with Gasteiger partial charge in [0.25, 0.3) is 5.88 Å². The fraction of sp³-hybridized carbons (Fsp3) is 0.296. The van der Waals surface area contributed by atoms with Gasteiger partial charge in [0.15, 0.2) is 23.0 Å². The number of morpholine rings is 1. The Bertz CT molecular complexity index is 1300. The van der Waals surface area contributed by atoms with E-state index in [2.05, 4.69) is 31.1 Å². The van der Waals surface area contributed by atoms with Crippen LogP contribution in [0.2, 0.25) is 0 Å².